The first kappa shape index (κ1) is 22.6. The summed E-state index contributed by atoms with van der Waals surface area (Å²) >= 11 is 0. The van der Waals surface area contributed by atoms with Crippen LogP contribution < -0.4 is 0 Å². The molecule has 2 rings (SSSR count). The maximum Gasteiger partial charge on any atom is 0.675 e. The molecule has 18 heteroatoms. The van der Waals surface area contributed by atoms with E-state index in [0.29, 0.717) is 0 Å². The minimum atomic E-state index is -4.90. The molecular formula is C13H10N6O12. The average molecular weight is 442 g/mol. The van der Waals surface area contributed by atoms with Crippen LogP contribution in [0, 0.1) is 60.7 Å². The van der Waals surface area contributed by atoms with E-state index in [1.54, 1.807) is 0 Å². The third-order valence-electron chi connectivity index (χ3n) is 5.04. The molecule has 0 fully saturated rings. The maximum absolute atomic E-state index is 12.0. The Balaban J connectivity index is 3.18. The first-order valence-electron chi connectivity index (χ1n) is 7.93. The number of benzene rings is 1. The molecule has 0 radical (unpaired) electrons. The standard InChI is InChI=1S/C13H10N6O12/c20-14(21)10-6-7-11(15(22)23,8-9-4-2-1-3-5-9)13(18(28)29,19(30)31)12(10,16(24)25)17(26)27/h1-7,10H,8H2. The zero-order chi connectivity index (χ0) is 23.8. The first-order chi connectivity index (χ1) is 14.3. The molecule has 0 saturated heterocycles. The van der Waals surface area contributed by atoms with E-state index in [4.69, 9.17) is 0 Å². The summed E-state index contributed by atoms with van der Waals surface area (Å²) < 4.78 is 0. The summed E-state index contributed by atoms with van der Waals surface area (Å²) in [6.45, 7) is 0. The van der Waals surface area contributed by atoms with Gasteiger partial charge in [0.2, 0.25) is 0 Å². The molecule has 0 aromatic heterocycles. The molecule has 1 aliphatic carbocycles. The highest BCUT2D eigenvalue weighted by molar-refractivity contribution is 5.29. The molecule has 2 atom stereocenters. The molecule has 1 aliphatic rings. The summed E-state index contributed by atoms with van der Waals surface area (Å²) in [7, 11) is 0. The first-order valence-corrected chi connectivity index (χ1v) is 7.93. The van der Waals surface area contributed by atoms with Crippen LogP contribution in [0.4, 0.5) is 0 Å². The number of hydrogen-bond acceptors (Lipinski definition) is 12. The highest BCUT2D eigenvalue weighted by Gasteiger charge is 3.09. The lowest BCUT2D eigenvalue weighted by Crippen LogP contribution is -2.87. The zero-order valence-corrected chi connectivity index (χ0v) is 14.9. The molecule has 164 valence electrons. The summed E-state index contributed by atoms with van der Waals surface area (Å²) in [6, 6.07) is 2.96. The second kappa shape index (κ2) is 7.31. The Morgan fingerprint density at radius 3 is 1.55 bits per heavy atom. The summed E-state index contributed by atoms with van der Waals surface area (Å²) in [5.74, 6) is 0. The van der Waals surface area contributed by atoms with Gasteiger partial charge in [0.05, 0.1) is 6.42 Å². The number of rotatable bonds is 8. The summed E-state index contributed by atoms with van der Waals surface area (Å²) in [5, 5.41) is 71.1. The van der Waals surface area contributed by atoms with Crippen LogP contribution in [0.15, 0.2) is 42.5 Å². The van der Waals surface area contributed by atoms with Gasteiger partial charge in [-0.25, -0.2) is 0 Å². The van der Waals surface area contributed by atoms with E-state index in [2.05, 4.69) is 0 Å². The average Bonchev–Trinajstić information content (AvgIpc) is 2.66. The maximum atomic E-state index is 12.0. The molecule has 0 spiro atoms. The van der Waals surface area contributed by atoms with E-state index in [9.17, 15) is 60.7 Å². The van der Waals surface area contributed by atoms with Gasteiger partial charge in [-0.1, -0.05) is 30.3 Å². The van der Waals surface area contributed by atoms with Gasteiger partial charge < -0.3 is 0 Å². The Bertz CT molecular complexity index is 997. The fourth-order valence-electron chi connectivity index (χ4n) is 3.77. The largest absolute Gasteiger partial charge is 0.675 e. The summed E-state index contributed by atoms with van der Waals surface area (Å²) in [6.07, 6.45) is -1.15. The van der Waals surface area contributed by atoms with E-state index in [-0.39, 0.29) is 17.7 Å². The fraction of sp³-hybridized carbons (Fsp3) is 0.385. The minimum absolute atomic E-state index is 0.0442. The third kappa shape index (κ3) is 2.64. The van der Waals surface area contributed by atoms with Crippen molar-refractivity contribution >= 4 is 0 Å². The van der Waals surface area contributed by atoms with Gasteiger partial charge in [-0.05, 0) is 5.56 Å². The van der Waals surface area contributed by atoms with Crippen molar-refractivity contribution in [2.75, 3.05) is 0 Å². The molecular weight excluding hydrogens is 432 g/mol. The van der Waals surface area contributed by atoms with Gasteiger partial charge in [0, 0.05) is 22.0 Å². The minimum Gasteiger partial charge on any atom is -0.263 e. The summed E-state index contributed by atoms with van der Waals surface area (Å²) in [5.41, 5.74) is -13.7. The van der Waals surface area contributed by atoms with E-state index >= 15 is 0 Å². The molecule has 1 aromatic carbocycles. The Labute approximate surface area is 168 Å². The van der Waals surface area contributed by atoms with E-state index in [1.807, 2.05) is 0 Å². The quantitative estimate of drug-likeness (QED) is 0.222. The van der Waals surface area contributed by atoms with E-state index in [1.165, 1.54) is 18.2 Å². The van der Waals surface area contributed by atoms with Crippen molar-refractivity contribution in [3.8, 4) is 0 Å². The van der Waals surface area contributed by atoms with Crippen LogP contribution in [0.2, 0.25) is 0 Å². The van der Waals surface area contributed by atoms with Crippen LogP contribution in [0.5, 0.6) is 0 Å². The highest BCUT2D eigenvalue weighted by Crippen LogP contribution is 2.49. The smallest absolute Gasteiger partial charge is 0.263 e. The van der Waals surface area contributed by atoms with Crippen LogP contribution in [0.1, 0.15) is 5.56 Å². The molecule has 18 nitrogen and oxygen atoms in total. The Hall–Kier alpha value is -4.64. The van der Waals surface area contributed by atoms with Crippen LogP contribution >= 0.6 is 0 Å². The lowest BCUT2D eigenvalue weighted by atomic mass is 9.66. The van der Waals surface area contributed by atoms with Crippen molar-refractivity contribution in [2.24, 2.45) is 0 Å². The van der Waals surface area contributed by atoms with Crippen molar-refractivity contribution in [3.63, 3.8) is 0 Å². The monoisotopic (exact) mass is 442 g/mol. The fourth-order valence-corrected chi connectivity index (χ4v) is 3.77. The Morgan fingerprint density at radius 1 is 0.710 bits per heavy atom. The molecule has 0 bridgehead atoms. The highest BCUT2D eigenvalue weighted by atomic mass is 16.7. The molecule has 0 saturated carbocycles. The lowest BCUT2D eigenvalue weighted by molar-refractivity contribution is -0.975. The molecule has 0 amide bonds. The Kier molecular flexibility index (Phi) is 5.34. The van der Waals surface area contributed by atoms with Crippen molar-refractivity contribution in [2.45, 2.75) is 29.3 Å². The predicted molar refractivity (Wildman–Crippen MR) is 93.2 cm³/mol. The van der Waals surface area contributed by atoms with Gasteiger partial charge >= 0.3 is 22.9 Å². The second-order valence-corrected chi connectivity index (χ2v) is 6.36. The van der Waals surface area contributed by atoms with Crippen LogP contribution in [0.3, 0.4) is 0 Å². The van der Waals surface area contributed by atoms with Crippen molar-refractivity contribution in [1.29, 1.82) is 0 Å². The van der Waals surface area contributed by atoms with Gasteiger partial charge in [-0.3, -0.25) is 60.7 Å². The lowest BCUT2D eigenvalue weighted by Gasteiger charge is -2.33. The van der Waals surface area contributed by atoms with Crippen molar-refractivity contribution in [3.05, 3.63) is 109 Å². The van der Waals surface area contributed by atoms with Crippen LogP contribution in [-0.4, -0.2) is 52.4 Å². The number of hydrogen-bond donors (Lipinski definition) is 0. The summed E-state index contributed by atoms with van der Waals surface area (Å²) in [4.78, 5) is 59.0. The topological polar surface area (TPSA) is 259 Å². The SMILES string of the molecule is O=[N+]([O-])C1C=CC(Cc2ccccc2)([N+](=O)[O-])C([N+](=O)[O-])([N+](=O)[O-])C1([N+](=O)[O-])[N+](=O)[O-]. The third-order valence-corrected chi connectivity index (χ3v) is 5.04. The van der Waals surface area contributed by atoms with Gasteiger partial charge in [-0.2, -0.15) is 0 Å². The van der Waals surface area contributed by atoms with Crippen LogP contribution in [-0.2, 0) is 6.42 Å². The second-order valence-electron chi connectivity index (χ2n) is 6.36. The van der Waals surface area contributed by atoms with Gasteiger partial charge in [-0.15, -0.1) is 0 Å². The number of nitro groups is 6. The van der Waals surface area contributed by atoms with Gasteiger partial charge in [0.25, 0.3) is 0 Å². The molecule has 0 aliphatic heterocycles. The van der Waals surface area contributed by atoms with Gasteiger partial charge in [0.1, 0.15) is 19.7 Å². The molecule has 1 aromatic rings. The van der Waals surface area contributed by atoms with Gasteiger partial charge in [0.15, 0.2) is 0 Å². The van der Waals surface area contributed by atoms with Crippen LogP contribution in [0.25, 0.3) is 0 Å². The van der Waals surface area contributed by atoms with E-state index < -0.39 is 58.9 Å². The van der Waals surface area contributed by atoms with Crippen molar-refractivity contribution in [1.82, 2.24) is 0 Å². The molecule has 31 heavy (non-hydrogen) atoms. The molecule has 0 N–H and O–H groups in total. The number of nitrogens with zero attached hydrogens (tertiary/aromatic N) is 6. The Morgan fingerprint density at radius 2 is 1.19 bits per heavy atom. The molecule has 0 heterocycles. The zero-order valence-electron chi connectivity index (χ0n) is 14.9. The van der Waals surface area contributed by atoms with Crippen molar-refractivity contribution < 1.29 is 29.5 Å². The normalized spacial score (nSPS) is 23.4. The predicted octanol–water partition coefficient (Wildman–Crippen LogP) is -0.0409. The van der Waals surface area contributed by atoms with E-state index in [0.717, 1.165) is 12.1 Å². The molecule has 2 unspecified atom stereocenters.